The second-order valence-corrected chi connectivity index (χ2v) is 7.37. The fraction of sp³-hybridized carbons (Fsp3) is 0.308. The molecular weight excluding hydrogens is 302 g/mol. The molecule has 0 unspecified atom stereocenters. The number of carboxylic acid groups (broad SMARTS) is 1. The number of hydrogen-bond donors (Lipinski definition) is 1. The van der Waals surface area contributed by atoms with E-state index < -0.39 is 15.8 Å². The molecule has 20 heavy (non-hydrogen) atoms. The number of rotatable bonds is 5. The number of carboxylic acids is 1. The molecule has 1 heterocycles. The van der Waals surface area contributed by atoms with E-state index in [9.17, 15) is 18.3 Å². The lowest BCUT2D eigenvalue weighted by Gasteiger charge is -2.08. The molecule has 0 bridgehead atoms. The van der Waals surface area contributed by atoms with Crippen LogP contribution in [-0.2, 0) is 16.4 Å². The van der Waals surface area contributed by atoms with Gasteiger partial charge in [0.25, 0.3) is 0 Å². The van der Waals surface area contributed by atoms with E-state index in [4.69, 9.17) is 11.6 Å². The van der Waals surface area contributed by atoms with E-state index in [0.717, 1.165) is 10.9 Å². The number of aromatic nitrogens is 1. The van der Waals surface area contributed by atoms with Crippen LogP contribution in [0.25, 0.3) is 10.9 Å². The quantitative estimate of drug-likeness (QED) is 0.919. The summed E-state index contributed by atoms with van der Waals surface area (Å²) in [5.41, 5.74) is 0.871. The number of sulfone groups is 1. The molecule has 0 atom stereocenters. The first kappa shape index (κ1) is 14.9. The molecule has 0 amide bonds. The third kappa shape index (κ3) is 3.32. The minimum Gasteiger partial charge on any atom is -0.477 e. The predicted octanol–water partition coefficient (Wildman–Crippen LogP) is 2.43. The van der Waals surface area contributed by atoms with Crippen LogP contribution >= 0.6 is 11.6 Å². The van der Waals surface area contributed by atoms with Crippen LogP contribution in [0, 0.1) is 0 Å². The van der Waals surface area contributed by atoms with Crippen LogP contribution in [0.2, 0.25) is 5.02 Å². The molecule has 2 aromatic rings. The van der Waals surface area contributed by atoms with E-state index >= 15 is 0 Å². The fourth-order valence-corrected chi connectivity index (χ4v) is 2.98. The van der Waals surface area contributed by atoms with Crippen molar-refractivity contribution in [3.05, 3.63) is 35.0 Å². The van der Waals surface area contributed by atoms with Gasteiger partial charge in [0, 0.05) is 28.7 Å². The number of aromatic carboxylic acids is 1. The summed E-state index contributed by atoms with van der Waals surface area (Å²) in [7, 11) is -3.05. The maximum absolute atomic E-state index is 11.3. The van der Waals surface area contributed by atoms with Gasteiger partial charge in [-0.1, -0.05) is 11.6 Å². The first-order valence-corrected chi connectivity index (χ1v) is 8.41. The Morgan fingerprint density at radius 3 is 2.65 bits per heavy atom. The van der Waals surface area contributed by atoms with Crippen molar-refractivity contribution in [2.75, 3.05) is 12.0 Å². The van der Waals surface area contributed by atoms with Crippen LogP contribution in [0.15, 0.2) is 24.3 Å². The number of halogens is 1. The molecule has 1 aromatic carbocycles. The number of aryl methyl sites for hydroxylation is 1. The first-order chi connectivity index (χ1) is 9.28. The second kappa shape index (κ2) is 5.46. The SMILES string of the molecule is CS(=O)(=O)CCCn1c(C(=O)O)cc2cc(Cl)ccc21. The summed E-state index contributed by atoms with van der Waals surface area (Å²) in [5, 5.41) is 10.5. The molecule has 0 aliphatic heterocycles. The van der Waals surface area contributed by atoms with Gasteiger partial charge in [-0.3, -0.25) is 0 Å². The molecule has 0 aliphatic rings. The van der Waals surface area contributed by atoms with Crippen molar-refractivity contribution >= 4 is 38.3 Å². The molecule has 0 spiro atoms. The molecule has 2 rings (SSSR count). The fourth-order valence-electron chi connectivity index (χ4n) is 2.14. The summed E-state index contributed by atoms with van der Waals surface area (Å²) in [5.74, 6) is -1.02. The van der Waals surface area contributed by atoms with Gasteiger partial charge in [-0.25, -0.2) is 13.2 Å². The summed E-state index contributed by atoms with van der Waals surface area (Å²) in [6.07, 6.45) is 1.53. The standard InChI is InChI=1S/C13H14ClNO4S/c1-20(18,19)6-2-5-15-11-4-3-10(14)7-9(11)8-12(15)13(16)17/h3-4,7-8H,2,5-6H2,1H3,(H,16,17). The zero-order valence-electron chi connectivity index (χ0n) is 10.8. The van der Waals surface area contributed by atoms with Crippen LogP contribution < -0.4 is 0 Å². The van der Waals surface area contributed by atoms with Gasteiger partial charge in [-0.05, 0) is 30.7 Å². The minimum absolute atomic E-state index is 0.0271. The van der Waals surface area contributed by atoms with E-state index in [1.807, 2.05) is 0 Å². The van der Waals surface area contributed by atoms with Crippen LogP contribution in [0.5, 0.6) is 0 Å². The summed E-state index contributed by atoms with van der Waals surface area (Å²) >= 11 is 5.89. The monoisotopic (exact) mass is 315 g/mol. The van der Waals surface area contributed by atoms with Gasteiger partial charge in [0.05, 0.1) is 5.75 Å². The largest absolute Gasteiger partial charge is 0.477 e. The highest BCUT2D eigenvalue weighted by atomic mass is 35.5. The molecule has 7 heteroatoms. The smallest absolute Gasteiger partial charge is 0.352 e. The number of benzene rings is 1. The van der Waals surface area contributed by atoms with Crippen molar-refractivity contribution in [1.82, 2.24) is 4.57 Å². The minimum atomic E-state index is -3.05. The summed E-state index contributed by atoms with van der Waals surface area (Å²) in [4.78, 5) is 11.3. The van der Waals surface area contributed by atoms with Gasteiger partial charge in [0.1, 0.15) is 15.5 Å². The molecule has 108 valence electrons. The first-order valence-electron chi connectivity index (χ1n) is 5.98. The Morgan fingerprint density at radius 1 is 1.35 bits per heavy atom. The highest BCUT2D eigenvalue weighted by Gasteiger charge is 2.15. The normalized spacial score (nSPS) is 11.9. The lowest BCUT2D eigenvalue weighted by atomic mass is 10.2. The Labute approximate surface area is 121 Å². The van der Waals surface area contributed by atoms with Gasteiger partial charge < -0.3 is 9.67 Å². The molecule has 1 N–H and O–H groups in total. The Kier molecular flexibility index (Phi) is 4.06. The number of nitrogens with zero attached hydrogens (tertiary/aromatic N) is 1. The van der Waals surface area contributed by atoms with Crippen molar-refractivity contribution < 1.29 is 18.3 Å². The summed E-state index contributed by atoms with van der Waals surface area (Å²) < 4.78 is 23.9. The number of carbonyl (C=O) groups is 1. The van der Waals surface area contributed by atoms with Crippen molar-refractivity contribution in [1.29, 1.82) is 0 Å². The van der Waals surface area contributed by atoms with E-state index in [2.05, 4.69) is 0 Å². The van der Waals surface area contributed by atoms with Gasteiger partial charge in [0.2, 0.25) is 0 Å². The lowest BCUT2D eigenvalue weighted by Crippen LogP contribution is -2.12. The van der Waals surface area contributed by atoms with Crippen molar-refractivity contribution in [3.63, 3.8) is 0 Å². The zero-order chi connectivity index (χ0) is 14.9. The molecule has 0 fully saturated rings. The summed E-state index contributed by atoms with van der Waals surface area (Å²) in [6, 6.07) is 6.66. The molecule has 1 aromatic heterocycles. The average molecular weight is 316 g/mol. The highest BCUT2D eigenvalue weighted by molar-refractivity contribution is 7.90. The number of hydrogen-bond acceptors (Lipinski definition) is 3. The Hall–Kier alpha value is -1.53. The van der Waals surface area contributed by atoms with Crippen LogP contribution in [0.1, 0.15) is 16.9 Å². The van der Waals surface area contributed by atoms with Gasteiger partial charge in [0.15, 0.2) is 0 Å². The van der Waals surface area contributed by atoms with Crippen LogP contribution in [0.4, 0.5) is 0 Å². The molecular formula is C13H14ClNO4S. The molecule has 0 saturated carbocycles. The highest BCUT2D eigenvalue weighted by Crippen LogP contribution is 2.24. The number of fused-ring (bicyclic) bond motifs is 1. The van der Waals surface area contributed by atoms with Crippen LogP contribution in [0.3, 0.4) is 0 Å². The van der Waals surface area contributed by atoms with Gasteiger partial charge in [-0.15, -0.1) is 0 Å². The van der Waals surface area contributed by atoms with E-state index in [0.29, 0.717) is 18.0 Å². The Bertz CT molecular complexity index is 764. The molecule has 0 aliphatic carbocycles. The Balaban J connectivity index is 2.39. The van der Waals surface area contributed by atoms with Gasteiger partial charge in [-0.2, -0.15) is 0 Å². The van der Waals surface area contributed by atoms with E-state index in [1.54, 1.807) is 28.8 Å². The maximum Gasteiger partial charge on any atom is 0.352 e. The van der Waals surface area contributed by atoms with E-state index in [-0.39, 0.29) is 11.4 Å². The second-order valence-electron chi connectivity index (χ2n) is 4.67. The lowest BCUT2D eigenvalue weighted by molar-refractivity contribution is 0.0685. The van der Waals surface area contributed by atoms with E-state index in [1.165, 1.54) is 6.26 Å². The summed E-state index contributed by atoms with van der Waals surface area (Å²) in [6.45, 7) is 0.333. The topological polar surface area (TPSA) is 76.4 Å². The maximum atomic E-state index is 11.3. The predicted molar refractivity (Wildman–Crippen MR) is 78.2 cm³/mol. The third-order valence-corrected chi connectivity index (χ3v) is 4.24. The zero-order valence-corrected chi connectivity index (χ0v) is 12.4. The van der Waals surface area contributed by atoms with Crippen molar-refractivity contribution in [2.24, 2.45) is 0 Å². The van der Waals surface area contributed by atoms with Crippen LogP contribution in [-0.4, -0.2) is 36.1 Å². The third-order valence-electron chi connectivity index (χ3n) is 2.98. The molecule has 0 saturated heterocycles. The van der Waals surface area contributed by atoms with Crippen molar-refractivity contribution in [2.45, 2.75) is 13.0 Å². The Morgan fingerprint density at radius 2 is 2.05 bits per heavy atom. The average Bonchev–Trinajstić information content (AvgIpc) is 2.66. The molecule has 0 radical (unpaired) electrons. The van der Waals surface area contributed by atoms with Crippen molar-refractivity contribution in [3.8, 4) is 0 Å². The molecule has 5 nitrogen and oxygen atoms in total. The van der Waals surface area contributed by atoms with Gasteiger partial charge >= 0.3 is 5.97 Å².